The molecular weight excluding hydrogens is 279 g/mol. The number of benzene rings is 1. The molecule has 1 aromatic carbocycles. The smallest absolute Gasteiger partial charge is 0.216 e. The van der Waals surface area contributed by atoms with Gasteiger partial charge in [0.1, 0.15) is 5.82 Å². The van der Waals surface area contributed by atoms with Crippen LogP contribution in [-0.4, -0.2) is 20.5 Å². The highest BCUT2D eigenvalue weighted by Crippen LogP contribution is 2.18. The van der Waals surface area contributed by atoms with Gasteiger partial charge in [-0.15, -0.1) is 0 Å². The van der Waals surface area contributed by atoms with E-state index in [1.165, 1.54) is 18.2 Å². The highest BCUT2D eigenvalue weighted by molar-refractivity contribution is 7.88. The number of hydrogen-bond donors (Lipinski definition) is 2. The van der Waals surface area contributed by atoms with E-state index >= 15 is 0 Å². The highest BCUT2D eigenvalue weighted by Gasteiger charge is 2.29. The molecule has 1 aromatic rings. The maximum atomic E-state index is 13.5. The quantitative estimate of drug-likeness (QED) is 0.809. The maximum Gasteiger partial charge on any atom is 0.216 e. The highest BCUT2D eigenvalue weighted by atomic mass is 32.2. The molecule has 0 aliphatic carbocycles. The van der Waals surface area contributed by atoms with Gasteiger partial charge in [-0.3, -0.25) is 0 Å². The first kappa shape index (κ1) is 17.1. The first-order chi connectivity index (χ1) is 9.17. The Labute approximate surface area is 120 Å². The first-order valence-electron chi connectivity index (χ1n) is 6.62. The van der Waals surface area contributed by atoms with Crippen LogP contribution in [-0.2, 0) is 15.8 Å². The molecule has 0 fully saturated rings. The molecule has 0 spiro atoms. The van der Waals surface area contributed by atoms with Gasteiger partial charge < -0.3 is 5.73 Å². The number of nitrogens with two attached hydrogens (primary N) is 1. The summed E-state index contributed by atoms with van der Waals surface area (Å²) in [6, 6.07) is 5.86. The normalized spacial score (nSPS) is 15.3. The van der Waals surface area contributed by atoms with E-state index in [1.807, 2.05) is 13.8 Å². The second kappa shape index (κ2) is 6.65. The summed E-state index contributed by atoms with van der Waals surface area (Å²) in [6.45, 7) is 5.96. The summed E-state index contributed by atoms with van der Waals surface area (Å²) in [5.74, 6) is -0.594. The predicted octanol–water partition coefficient (Wildman–Crippen LogP) is 2.01. The van der Waals surface area contributed by atoms with E-state index in [2.05, 4.69) is 4.72 Å². The molecule has 0 aliphatic rings. The van der Waals surface area contributed by atoms with Crippen molar-refractivity contribution in [1.29, 1.82) is 0 Å². The van der Waals surface area contributed by atoms with Crippen molar-refractivity contribution in [1.82, 2.24) is 4.72 Å². The van der Waals surface area contributed by atoms with Gasteiger partial charge >= 0.3 is 0 Å². The SMILES string of the molecule is CC(C)C[C@](C)(CN)NS(=O)(=O)Cc1ccccc1F. The Balaban J connectivity index is 2.87. The molecule has 0 unspecified atom stereocenters. The molecule has 1 rings (SSSR count). The molecular formula is C14H23FN2O2S. The standard InChI is InChI=1S/C14H23FN2O2S/c1-11(2)8-14(3,10-16)17-20(18,19)9-12-6-4-5-7-13(12)15/h4-7,11,17H,8-10,16H2,1-3H3/t14-/m1/s1. The van der Waals surface area contributed by atoms with Gasteiger partial charge in [-0.05, 0) is 25.3 Å². The van der Waals surface area contributed by atoms with Gasteiger partial charge in [0.15, 0.2) is 0 Å². The minimum absolute atomic E-state index is 0.156. The molecule has 0 heterocycles. The van der Waals surface area contributed by atoms with E-state index < -0.39 is 21.4 Å². The number of hydrogen-bond acceptors (Lipinski definition) is 3. The molecule has 0 aromatic heterocycles. The van der Waals surface area contributed by atoms with E-state index in [1.54, 1.807) is 13.0 Å². The summed E-state index contributed by atoms with van der Waals surface area (Å²) >= 11 is 0. The fourth-order valence-electron chi connectivity index (χ4n) is 2.30. The summed E-state index contributed by atoms with van der Waals surface area (Å²) in [6.07, 6.45) is 0.625. The summed E-state index contributed by atoms with van der Waals surface area (Å²) in [5.41, 5.74) is 5.13. The Morgan fingerprint density at radius 3 is 2.45 bits per heavy atom. The predicted molar refractivity (Wildman–Crippen MR) is 79.1 cm³/mol. The zero-order chi connectivity index (χ0) is 15.4. The Morgan fingerprint density at radius 1 is 1.35 bits per heavy atom. The van der Waals surface area contributed by atoms with Crippen LogP contribution < -0.4 is 10.5 Å². The molecule has 0 amide bonds. The van der Waals surface area contributed by atoms with Gasteiger partial charge in [-0.2, -0.15) is 0 Å². The van der Waals surface area contributed by atoms with E-state index in [9.17, 15) is 12.8 Å². The fraction of sp³-hybridized carbons (Fsp3) is 0.571. The Bertz CT molecular complexity index is 546. The molecule has 3 N–H and O–H groups in total. The average Bonchev–Trinajstić information content (AvgIpc) is 2.30. The molecule has 1 atom stereocenters. The lowest BCUT2D eigenvalue weighted by Crippen LogP contribution is -2.52. The van der Waals surface area contributed by atoms with Crippen LogP contribution in [0.1, 0.15) is 32.8 Å². The van der Waals surface area contributed by atoms with Gasteiger partial charge in [-0.1, -0.05) is 32.0 Å². The minimum atomic E-state index is -3.64. The zero-order valence-electron chi connectivity index (χ0n) is 12.2. The Kier molecular flexibility index (Phi) is 5.68. The molecule has 0 saturated carbocycles. The van der Waals surface area contributed by atoms with Gasteiger partial charge in [0.2, 0.25) is 10.0 Å². The van der Waals surface area contributed by atoms with Crippen LogP contribution in [0.2, 0.25) is 0 Å². The van der Waals surface area contributed by atoms with Crippen LogP contribution >= 0.6 is 0 Å². The van der Waals surface area contributed by atoms with E-state index in [0.717, 1.165) is 0 Å². The number of rotatable bonds is 7. The topological polar surface area (TPSA) is 72.2 Å². The summed E-state index contributed by atoms with van der Waals surface area (Å²) in [5, 5.41) is 0. The van der Waals surface area contributed by atoms with Gasteiger partial charge in [-0.25, -0.2) is 17.5 Å². The third-order valence-corrected chi connectivity index (χ3v) is 4.51. The fourth-order valence-corrected chi connectivity index (χ4v) is 3.93. The third kappa shape index (κ3) is 5.19. The van der Waals surface area contributed by atoms with Crippen molar-refractivity contribution in [3.8, 4) is 0 Å². The molecule has 20 heavy (non-hydrogen) atoms. The molecule has 0 bridgehead atoms. The molecule has 4 nitrogen and oxygen atoms in total. The average molecular weight is 302 g/mol. The van der Waals surface area contributed by atoms with Crippen molar-refractivity contribution >= 4 is 10.0 Å². The van der Waals surface area contributed by atoms with Crippen LogP contribution in [0.3, 0.4) is 0 Å². The number of halogens is 1. The van der Waals surface area contributed by atoms with E-state index in [4.69, 9.17) is 5.73 Å². The van der Waals surface area contributed by atoms with Crippen molar-refractivity contribution in [2.75, 3.05) is 6.54 Å². The maximum absolute atomic E-state index is 13.5. The number of nitrogens with one attached hydrogen (secondary N) is 1. The zero-order valence-corrected chi connectivity index (χ0v) is 13.0. The van der Waals surface area contributed by atoms with Crippen LogP contribution in [0.5, 0.6) is 0 Å². The number of sulfonamides is 1. The second-order valence-electron chi connectivity index (χ2n) is 5.82. The monoisotopic (exact) mass is 302 g/mol. The molecule has 6 heteroatoms. The van der Waals surface area contributed by atoms with Crippen molar-refractivity contribution in [2.24, 2.45) is 11.7 Å². The lowest BCUT2D eigenvalue weighted by atomic mass is 9.92. The third-order valence-electron chi connectivity index (χ3n) is 3.01. The van der Waals surface area contributed by atoms with Crippen molar-refractivity contribution in [3.63, 3.8) is 0 Å². The van der Waals surface area contributed by atoms with Crippen LogP contribution in [0, 0.1) is 11.7 Å². The minimum Gasteiger partial charge on any atom is -0.329 e. The van der Waals surface area contributed by atoms with Crippen LogP contribution in [0.4, 0.5) is 4.39 Å². The lowest BCUT2D eigenvalue weighted by Gasteiger charge is -2.30. The molecule has 0 saturated heterocycles. The van der Waals surface area contributed by atoms with Crippen LogP contribution in [0.15, 0.2) is 24.3 Å². The van der Waals surface area contributed by atoms with Crippen LogP contribution in [0.25, 0.3) is 0 Å². The van der Waals surface area contributed by atoms with Crippen molar-refractivity contribution in [2.45, 2.75) is 38.5 Å². The van der Waals surface area contributed by atoms with Gasteiger partial charge in [0.25, 0.3) is 0 Å². The van der Waals surface area contributed by atoms with Crippen molar-refractivity contribution in [3.05, 3.63) is 35.6 Å². The Morgan fingerprint density at radius 2 is 1.95 bits per heavy atom. The van der Waals surface area contributed by atoms with E-state index in [0.29, 0.717) is 12.3 Å². The lowest BCUT2D eigenvalue weighted by molar-refractivity contribution is 0.344. The Hall–Kier alpha value is -0.980. The van der Waals surface area contributed by atoms with Gasteiger partial charge in [0, 0.05) is 17.6 Å². The second-order valence-corrected chi connectivity index (χ2v) is 7.54. The first-order valence-corrected chi connectivity index (χ1v) is 8.28. The summed E-state index contributed by atoms with van der Waals surface area (Å²) in [4.78, 5) is 0. The summed E-state index contributed by atoms with van der Waals surface area (Å²) < 4.78 is 40.5. The van der Waals surface area contributed by atoms with Crippen molar-refractivity contribution < 1.29 is 12.8 Å². The molecule has 114 valence electrons. The van der Waals surface area contributed by atoms with Gasteiger partial charge in [0.05, 0.1) is 5.75 Å². The van der Waals surface area contributed by atoms with E-state index in [-0.39, 0.29) is 17.9 Å². The molecule has 0 radical (unpaired) electrons. The summed E-state index contributed by atoms with van der Waals surface area (Å²) in [7, 11) is -3.64. The largest absolute Gasteiger partial charge is 0.329 e. The molecule has 0 aliphatic heterocycles.